The van der Waals surface area contributed by atoms with Crippen LogP contribution < -0.4 is 4.74 Å². The van der Waals surface area contributed by atoms with Crippen molar-refractivity contribution in [3.05, 3.63) is 40.7 Å². The number of hydrogen-bond acceptors (Lipinski definition) is 8. The van der Waals surface area contributed by atoms with Crippen LogP contribution in [-0.4, -0.2) is 27.6 Å². The minimum Gasteiger partial charge on any atom is -0.453 e. The lowest BCUT2D eigenvalue weighted by Gasteiger charge is -2.30. The zero-order chi connectivity index (χ0) is 26.4. The number of benzene rings is 1. The number of phosphoric acid groups is 1. The Morgan fingerprint density at radius 1 is 0.943 bits per heavy atom. The van der Waals surface area contributed by atoms with Gasteiger partial charge in [0, 0.05) is 0 Å². The second-order valence-electron chi connectivity index (χ2n) is 9.91. The Balaban J connectivity index is 2.29. The average molecular weight is 503 g/mol. The fourth-order valence-electron chi connectivity index (χ4n) is 3.30. The molecule has 2 rings (SSSR count). The summed E-state index contributed by atoms with van der Waals surface area (Å²) < 4.78 is 38.2. The fraction of sp³-hybridized carbons (Fsp3) is 0.560. The number of aryl methyl sites for hydroxylation is 1. The Hall–Kier alpha value is -2.68. The first kappa shape index (κ1) is 28.6. The van der Waals surface area contributed by atoms with E-state index in [1.54, 1.807) is 58.4 Å². The molecule has 190 valence electrons. The molecule has 0 unspecified atom stereocenters. The molecule has 0 radical (unpaired) electrons. The maximum Gasteiger partial charge on any atom is 0.475 e. The molecule has 9 nitrogen and oxygen atoms in total. The second-order valence-corrected chi connectivity index (χ2v) is 11.4. The zero-order valence-electron chi connectivity index (χ0n) is 21.8. The first-order valence-electron chi connectivity index (χ1n) is 11.6. The third kappa shape index (κ3) is 8.49. The molecule has 0 fully saturated rings. The van der Waals surface area contributed by atoms with Gasteiger partial charge in [0.2, 0.25) is 0 Å². The van der Waals surface area contributed by atoms with Crippen LogP contribution in [0.3, 0.4) is 0 Å². The summed E-state index contributed by atoms with van der Waals surface area (Å²) in [5.41, 5.74) is 0.765. The number of nitrogens with zero attached hydrogens (tertiary/aromatic N) is 4. The van der Waals surface area contributed by atoms with Gasteiger partial charge in [0.1, 0.15) is 11.4 Å². The van der Waals surface area contributed by atoms with Gasteiger partial charge in [0.05, 0.1) is 53.3 Å². The molecule has 0 bridgehead atoms. The largest absolute Gasteiger partial charge is 0.475 e. The van der Waals surface area contributed by atoms with Crippen LogP contribution in [0.15, 0.2) is 18.2 Å². The molecule has 0 saturated carbocycles. The van der Waals surface area contributed by atoms with Crippen LogP contribution >= 0.6 is 7.82 Å². The van der Waals surface area contributed by atoms with Crippen molar-refractivity contribution >= 4 is 7.82 Å². The van der Waals surface area contributed by atoms with Gasteiger partial charge in [-0.05, 0) is 72.6 Å². The summed E-state index contributed by atoms with van der Waals surface area (Å²) >= 11 is 0. The van der Waals surface area contributed by atoms with Gasteiger partial charge in [-0.15, -0.1) is 0 Å². The second kappa shape index (κ2) is 11.4. The highest BCUT2D eigenvalue weighted by Crippen LogP contribution is 2.55. The Morgan fingerprint density at radius 3 is 1.91 bits per heavy atom. The molecule has 0 saturated heterocycles. The van der Waals surface area contributed by atoms with Crippen molar-refractivity contribution in [2.24, 2.45) is 0 Å². The van der Waals surface area contributed by atoms with Gasteiger partial charge < -0.3 is 4.74 Å². The molecule has 0 aliphatic heterocycles. The van der Waals surface area contributed by atoms with Crippen molar-refractivity contribution in [3.63, 3.8) is 0 Å². The van der Waals surface area contributed by atoms with E-state index in [2.05, 4.69) is 5.10 Å². The first-order valence-corrected chi connectivity index (χ1v) is 13.1. The Kier molecular flexibility index (Phi) is 9.28. The molecule has 0 N–H and O–H groups in total. The van der Waals surface area contributed by atoms with Gasteiger partial charge in [0.25, 0.3) is 0 Å². The minimum absolute atomic E-state index is 0.0449. The Bertz CT molecular complexity index is 1110. The molecule has 0 aliphatic rings. The van der Waals surface area contributed by atoms with Gasteiger partial charge in [-0.25, -0.2) is 4.57 Å². The first-order chi connectivity index (χ1) is 16.2. The highest BCUT2D eigenvalue weighted by molar-refractivity contribution is 7.48. The van der Waals surface area contributed by atoms with Gasteiger partial charge >= 0.3 is 7.82 Å². The van der Waals surface area contributed by atoms with Crippen LogP contribution in [0.1, 0.15) is 77.9 Å². The third-order valence-electron chi connectivity index (χ3n) is 4.46. The molecular weight excluding hydrogens is 467 g/mol. The van der Waals surface area contributed by atoms with Crippen LogP contribution in [0, 0.1) is 22.7 Å². The fourth-order valence-corrected chi connectivity index (χ4v) is 5.09. The molecule has 0 amide bonds. The van der Waals surface area contributed by atoms with Gasteiger partial charge in [-0.3, -0.25) is 18.3 Å². The van der Waals surface area contributed by atoms with Crippen LogP contribution in [-0.2, 0) is 37.5 Å². The lowest BCUT2D eigenvalue weighted by molar-refractivity contribution is 0.00226. The van der Waals surface area contributed by atoms with E-state index < -0.39 is 19.0 Å². The van der Waals surface area contributed by atoms with Gasteiger partial charge in [-0.1, -0.05) is 13.8 Å². The summed E-state index contributed by atoms with van der Waals surface area (Å²) in [4.78, 5) is 0. The number of ether oxygens (including phenoxy) is 1. The monoisotopic (exact) mass is 502 g/mol. The van der Waals surface area contributed by atoms with E-state index in [-0.39, 0.29) is 6.61 Å². The Labute approximate surface area is 208 Å². The van der Waals surface area contributed by atoms with E-state index in [9.17, 15) is 15.1 Å². The molecule has 35 heavy (non-hydrogen) atoms. The molecule has 1 heterocycles. The van der Waals surface area contributed by atoms with E-state index in [4.69, 9.17) is 18.3 Å². The van der Waals surface area contributed by atoms with Crippen molar-refractivity contribution in [3.8, 4) is 23.6 Å². The van der Waals surface area contributed by atoms with Gasteiger partial charge in [0.15, 0.2) is 5.75 Å². The number of phosphoric ester groups is 1. The number of nitriles is 2. The quantitative estimate of drug-likeness (QED) is 0.347. The van der Waals surface area contributed by atoms with E-state index in [0.717, 1.165) is 11.4 Å². The molecule has 0 aliphatic carbocycles. The molecular formula is C25H35N4O5P. The summed E-state index contributed by atoms with van der Waals surface area (Å²) in [5.74, 6) is 0.969. The van der Waals surface area contributed by atoms with E-state index in [1.165, 1.54) is 6.07 Å². The maximum atomic E-state index is 13.3. The van der Waals surface area contributed by atoms with Crippen LogP contribution in [0.4, 0.5) is 0 Å². The van der Waals surface area contributed by atoms with Crippen LogP contribution in [0.5, 0.6) is 11.5 Å². The molecule has 0 atom stereocenters. The summed E-state index contributed by atoms with van der Waals surface area (Å²) in [6.07, 6.45) is 1.22. The smallest absolute Gasteiger partial charge is 0.453 e. The maximum absolute atomic E-state index is 13.3. The highest BCUT2D eigenvalue weighted by atomic mass is 31.2. The third-order valence-corrected chi connectivity index (χ3v) is 6.50. The van der Waals surface area contributed by atoms with E-state index in [1.807, 2.05) is 26.0 Å². The standard InChI is InChI=1S/C25H35N4O5P/c1-9-21-23(32-20-14-18(16-26)13-19(15-20)17-27)22(10-2)29(28-21)11-12-31-35(30,33-24(3,4)5)34-25(6,7)8/h13-15H,9-12H2,1-8H3. The molecule has 1 aromatic heterocycles. The predicted octanol–water partition coefficient (Wildman–Crippen LogP) is 6.30. The average Bonchev–Trinajstić information content (AvgIpc) is 3.06. The summed E-state index contributed by atoms with van der Waals surface area (Å²) in [6.45, 7) is 15.0. The SMILES string of the molecule is CCc1nn(CCOP(=O)(OC(C)(C)C)OC(C)(C)C)c(CC)c1Oc1cc(C#N)cc(C#N)c1. The van der Waals surface area contributed by atoms with E-state index >= 15 is 0 Å². The normalized spacial score (nSPS) is 12.3. The van der Waals surface area contributed by atoms with Crippen LogP contribution in [0.2, 0.25) is 0 Å². The number of aromatic nitrogens is 2. The van der Waals surface area contributed by atoms with Crippen molar-refractivity contribution in [2.75, 3.05) is 6.61 Å². The van der Waals surface area contributed by atoms with Gasteiger partial charge in [-0.2, -0.15) is 15.6 Å². The summed E-state index contributed by atoms with van der Waals surface area (Å²) in [7, 11) is -3.84. The van der Waals surface area contributed by atoms with Crippen molar-refractivity contribution in [2.45, 2.75) is 86.0 Å². The molecule has 0 spiro atoms. The number of hydrogen-bond donors (Lipinski definition) is 0. The van der Waals surface area contributed by atoms with E-state index in [0.29, 0.717) is 42.0 Å². The summed E-state index contributed by atoms with van der Waals surface area (Å²) in [5, 5.41) is 23.2. The lowest BCUT2D eigenvalue weighted by atomic mass is 10.1. The van der Waals surface area contributed by atoms with Crippen molar-refractivity contribution in [1.82, 2.24) is 9.78 Å². The van der Waals surface area contributed by atoms with Crippen molar-refractivity contribution in [1.29, 1.82) is 10.5 Å². The predicted molar refractivity (Wildman–Crippen MR) is 132 cm³/mol. The van der Waals surface area contributed by atoms with Crippen molar-refractivity contribution < 1.29 is 22.9 Å². The topological polar surface area (TPSA) is 119 Å². The van der Waals surface area contributed by atoms with Crippen LogP contribution in [0.25, 0.3) is 0 Å². The molecule has 10 heteroatoms. The summed E-state index contributed by atoms with van der Waals surface area (Å²) in [6, 6.07) is 8.77. The number of rotatable bonds is 10. The Morgan fingerprint density at radius 2 is 1.49 bits per heavy atom. The highest BCUT2D eigenvalue weighted by Gasteiger charge is 2.37. The minimum atomic E-state index is -3.84. The molecule has 1 aromatic carbocycles. The lowest BCUT2D eigenvalue weighted by Crippen LogP contribution is -2.25. The molecule has 2 aromatic rings. The zero-order valence-corrected chi connectivity index (χ0v) is 22.7.